The molecule has 4 N–H and O–H groups in total. The molecule has 0 bridgehead atoms. The van der Waals surface area contributed by atoms with Gasteiger partial charge in [-0.1, -0.05) is 0 Å². The molecule has 8 heteroatoms. The molecule has 3 heterocycles. The van der Waals surface area contributed by atoms with Crippen molar-refractivity contribution >= 4 is 23.9 Å². The monoisotopic (exact) mass is 430 g/mol. The van der Waals surface area contributed by atoms with Crippen molar-refractivity contribution in [1.82, 2.24) is 20.9 Å². The van der Waals surface area contributed by atoms with Gasteiger partial charge in [0.1, 0.15) is 0 Å². The highest BCUT2D eigenvalue weighted by atomic mass is 32.2. The highest BCUT2D eigenvalue weighted by Crippen LogP contribution is 2.39. The Labute approximate surface area is 181 Å². The highest BCUT2D eigenvalue weighted by Gasteiger charge is 2.38. The van der Waals surface area contributed by atoms with Gasteiger partial charge in [0, 0.05) is 59.0 Å². The normalized spacial score (nSPS) is 30.2. The van der Waals surface area contributed by atoms with E-state index in [9.17, 15) is 14.1 Å². The standard InChI is InChI=1S/C22H30N4O3S/c1-13-19(12-17-16-11-15(30-29)5-6-18(16)25-21(17)27)24-14(2)20(13)22(28)23-7-10-26-8-3-4-9-26/h5-6,12,14,16,20,24,29H,3-4,7-11H2,1-2H3,(H,23,28)(H,25,27)/b17-12-. The van der Waals surface area contributed by atoms with E-state index >= 15 is 0 Å². The SMILES string of the molecule is CC1=C(/C=C2\C(=O)NC3=CC=C(SO)CC32)NC(C)C1C(=O)NCCN1CCCC1. The number of carbonyl (C=O) groups excluding carboxylic acids is 2. The second-order valence-electron chi connectivity index (χ2n) is 8.50. The third-order valence-electron chi connectivity index (χ3n) is 6.53. The second-order valence-corrected chi connectivity index (χ2v) is 9.21. The van der Waals surface area contributed by atoms with Crippen LogP contribution in [0.2, 0.25) is 0 Å². The Morgan fingerprint density at radius 2 is 2.13 bits per heavy atom. The number of carbonyl (C=O) groups is 2. The first-order chi connectivity index (χ1) is 14.5. The van der Waals surface area contributed by atoms with Crippen molar-refractivity contribution in [3.05, 3.63) is 45.7 Å². The summed E-state index contributed by atoms with van der Waals surface area (Å²) < 4.78 is 9.39. The summed E-state index contributed by atoms with van der Waals surface area (Å²) in [6.07, 6.45) is 8.67. The van der Waals surface area contributed by atoms with Crippen LogP contribution in [-0.2, 0) is 9.59 Å². The molecule has 3 unspecified atom stereocenters. The molecule has 0 spiro atoms. The van der Waals surface area contributed by atoms with Crippen molar-refractivity contribution in [2.24, 2.45) is 11.8 Å². The van der Waals surface area contributed by atoms with Crippen LogP contribution in [0.3, 0.4) is 0 Å². The lowest BCUT2D eigenvalue weighted by atomic mass is 9.91. The molecular formula is C22H30N4O3S. The van der Waals surface area contributed by atoms with Crippen molar-refractivity contribution in [2.75, 3.05) is 26.2 Å². The summed E-state index contributed by atoms with van der Waals surface area (Å²) in [4.78, 5) is 28.6. The number of fused-ring (bicyclic) bond motifs is 1. The number of likely N-dealkylation sites (tertiary alicyclic amines) is 1. The van der Waals surface area contributed by atoms with Crippen molar-refractivity contribution in [2.45, 2.75) is 39.2 Å². The number of rotatable bonds is 6. The van der Waals surface area contributed by atoms with Crippen LogP contribution in [0.1, 0.15) is 33.1 Å². The zero-order valence-electron chi connectivity index (χ0n) is 17.5. The lowest BCUT2D eigenvalue weighted by molar-refractivity contribution is -0.124. The first-order valence-corrected chi connectivity index (χ1v) is 11.5. The molecule has 4 rings (SSSR count). The van der Waals surface area contributed by atoms with Gasteiger partial charge in [-0.25, -0.2) is 0 Å². The second kappa shape index (κ2) is 8.99. The zero-order chi connectivity index (χ0) is 21.3. The summed E-state index contributed by atoms with van der Waals surface area (Å²) in [7, 11) is 0. The maximum Gasteiger partial charge on any atom is 0.252 e. The van der Waals surface area contributed by atoms with Gasteiger partial charge >= 0.3 is 0 Å². The van der Waals surface area contributed by atoms with Crippen LogP contribution < -0.4 is 16.0 Å². The predicted molar refractivity (Wildman–Crippen MR) is 118 cm³/mol. The minimum Gasteiger partial charge on any atom is -0.381 e. The summed E-state index contributed by atoms with van der Waals surface area (Å²) in [6.45, 7) is 7.78. The Bertz CT molecular complexity index is 854. The Balaban J connectivity index is 1.45. The van der Waals surface area contributed by atoms with Crippen molar-refractivity contribution in [3.63, 3.8) is 0 Å². The average molecular weight is 431 g/mol. The van der Waals surface area contributed by atoms with Gasteiger partial charge in [0.05, 0.1) is 5.92 Å². The van der Waals surface area contributed by atoms with Gasteiger partial charge in [0.25, 0.3) is 5.91 Å². The van der Waals surface area contributed by atoms with Gasteiger partial charge in [-0.15, -0.1) is 0 Å². The number of nitrogens with zero attached hydrogens (tertiary/aromatic N) is 1. The van der Waals surface area contributed by atoms with E-state index in [0.29, 0.717) is 18.5 Å². The summed E-state index contributed by atoms with van der Waals surface area (Å²) in [5.41, 5.74) is 3.35. The Hall–Kier alpha value is -2.03. The fraction of sp³-hybridized carbons (Fsp3) is 0.545. The van der Waals surface area contributed by atoms with Crippen LogP contribution >= 0.6 is 12.0 Å². The van der Waals surface area contributed by atoms with E-state index in [1.807, 2.05) is 32.1 Å². The summed E-state index contributed by atoms with van der Waals surface area (Å²) in [5, 5.41) is 9.41. The van der Waals surface area contributed by atoms with E-state index in [4.69, 9.17) is 0 Å². The minimum atomic E-state index is -0.246. The lowest BCUT2D eigenvalue weighted by Gasteiger charge is -2.19. The van der Waals surface area contributed by atoms with Gasteiger partial charge < -0.3 is 25.4 Å². The maximum absolute atomic E-state index is 12.8. The molecule has 7 nitrogen and oxygen atoms in total. The summed E-state index contributed by atoms with van der Waals surface area (Å²) in [6, 6.07) is -0.0297. The molecule has 162 valence electrons. The van der Waals surface area contributed by atoms with E-state index in [1.165, 1.54) is 12.8 Å². The first-order valence-electron chi connectivity index (χ1n) is 10.7. The third kappa shape index (κ3) is 4.22. The number of hydrogen-bond acceptors (Lipinski definition) is 6. The lowest BCUT2D eigenvalue weighted by Crippen LogP contribution is -2.41. The first kappa shape index (κ1) is 21.2. The molecule has 2 saturated heterocycles. The fourth-order valence-corrected chi connectivity index (χ4v) is 5.22. The van der Waals surface area contributed by atoms with Crippen molar-refractivity contribution < 1.29 is 14.1 Å². The molecule has 0 aromatic carbocycles. The molecule has 3 aliphatic heterocycles. The molecule has 2 amide bonds. The van der Waals surface area contributed by atoms with Crippen LogP contribution in [0.4, 0.5) is 0 Å². The number of hydrogen-bond donors (Lipinski definition) is 4. The summed E-state index contributed by atoms with van der Waals surface area (Å²) >= 11 is 0.729. The van der Waals surface area contributed by atoms with Gasteiger partial charge in [-0.3, -0.25) is 9.59 Å². The molecule has 1 aliphatic carbocycles. The van der Waals surface area contributed by atoms with Crippen LogP contribution in [0.5, 0.6) is 0 Å². The number of allylic oxidation sites excluding steroid dienone is 5. The molecule has 0 aromatic rings. The predicted octanol–water partition coefficient (Wildman–Crippen LogP) is 2.13. The quantitative estimate of drug-likeness (QED) is 0.381. The van der Waals surface area contributed by atoms with Gasteiger partial charge in [-0.05, 0) is 70.0 Å². The number of nitrogens with one attached hydrogen (secondary N) is 3. The maximum atomic E-state index is 12.8. The Morgan fingerprint density at radius 3 is 2.87 bits per heavy atom. The zero-order valence-corrected chi connectivity index (χ0v) is 18.3. The van der Waals surface area contributed by atoms with E-state index in [0.717, 1.165) is 53.5 Å². The minimum absolute atomic E-state index is 0.0297. The third-order valence-corrected chi connectivity index (χ3v) is 7.06. The van der Waals surface area contributed by atoms with Crippen LogP contribution in [0.25, 0.3) is 0 Å². The highest BCUT2D eigenvalue weighted by molar-refractivity contribution is 7.97. The van der Waals surface area contributed by atoms with Crippen LogP contribution in [0, 0.1) is 11.8 Å². The Morgan fingerprint density at radius 1 is 1.37 bits per heavy atom. The van der Waals surface area contributed by atoms with E-state index < -0.39 is 0 Å². The van der Waals surface area contributed by atoms with Crippen LogP contribution in [-0.4, -0.2) is 53.5 Å². The molecule has 0 saturated carbocycles. The fourth-order valence-electron chi connectivity index (χ4n) is 4.85. The molecule has 0 radical (unpaired) electrons. The van der Waals surface area contributed by atoms with Crippen molar-refractivity contribution in [3.8, 4) is 0 Å². The summed E-state index contributed by atoms with van der Waals surface area (Å²) in [5.74, 6) is -0.402. The molecule has 3 atom stereocenters. The smallest absolute Gasteiger partial charge is 0.252 e. The molecular weight excluding hydrogens is 400 g/mol. The largest absolute Gasteiger partial charge is 0.381 e. The topological polar surface area (TPSA) is 93.7 Å². The van der Waals surface area contributed by atoms with E-state index in [1.54, 1.807) is 0 Å². The van der Waals surface area contributed by atoms with E-state index in [2.05, 4.69) is 20.9 Å². The Kier molecular flexibility index (Phi) is 6.36. The average Bonchev–Trinajstić information content (AvgIpc) is 3.41. The molecule has 2 fully saturated rings. The van der Waals surface area contributed by atoms with Gasteiger partial charge in [-0.2, -0.15) is 0 Å². The van der Waals surface area contributed by atoms with Crippen LogP contribution in [0.15, 0.2) is 45.7 Å². The number of amides is 2. The van der Waals surface area contributed by atoms with Gasteiger partial charge in [0.2, 0.25) is 5.91 Å². The molecule has 0 aromatic heterocycles. The van der Waals surface area contributed by atoms with E-state index in [-0.39, 0.29) is 29.7 Å². The van der Waals surface area contributed by atoms with Gasteiger partial charge in [0.15, 0.2) is 0 Å². The molecule has 4 aliphatic rings. The van der Waals surface area contributed by atoms with Crippen molar-refractivity contribution in [1.29, 1.82) is 0 Å². The molecule has 30 heavy (non-hydrogen) atoms.